The third-order valence-electron chi connectivity index (χ3n) is 4.72. The summed E-state index contributed by atoms with van der Waals surface area (Å²) in [6.45, 7) is 10.9. The maximum Gasteiger partial charge on any atom is 0.222 e. The van der Waals surface area contributed by atoms with Crippen molar-refractivity contribution in [3.63, 3.8) is 0 Å². The number of hydrogen-bond donors (Lipinski definition) is 1. The van der Waals surface area contributed by atoms with E-state index in [1.807, 2.05) is 0 Å². The molecule has 1 amide bonds. The molecule has 1 atom stereocenters. The van der Waals surface area contributed by atoms with E-state index in [-0.39, 0.29) is 12.4 Å². The second kappa shape index (κ2) is 6.94. The minimum absolute atomic E-state index is 0. The average Bonchev–Trinajstić information content (AvgIpc) is 2.71. The van der Waals surface area contributed by atoms with Gasteiger partial charge in [-0.25, -0.2) is 0 Å². The number of rotatable bonds is 3. The highest BCUT2D eigenvalue weighted by molar-refractivity contribution is 5.85. The van der Waals surface area contributed by atoms with Gasteiger partial charge < -0.3 is 10.2 Å². The van der Waals surface area contributed by atoms with Gasteiger partial charge in [-0.15, -0.1) is 12.4 Å². The molecule has 0 aromatic heterocycles. The lowest BCUT2D eigenvalue weighted by Gasteiger charge is -2.29. The number of nitrogens with zero attached hydrogens (tertiary/aromatic N) is 1. The molecule has 0 bridgehead atoms. The summed E-state index contributed by atoms with van der Waals surface area (Å²) in [5.74, 6) is 1.67. The van der Waals surface area contributed by atoms with Crippen LogP contribution in [-0.4, -0.2) is 37.0 Å². The second-order valence-corrected chi connectivity index (χ2v) is 7.00. The lowest BCUT2D eigenvalue weighted by atomic mass is 9.84. The van der Waals surface area contributed by atoms with Crippen LogP contribution in [0.3, 0.4) is 0 Å². The lowest BCUT2D eigenvalue weighted by molar-refractivity contribution is -0.131. The Hall–Kier alpha value is -0.280. The van der Waals surface area contributed by atoms with E-state index in [1.165, 1.54) is 12.8 Å². The second-order valence-electron chi connectivity index (χ2n) is 7.00. The lowest BCUT2D eigenvalue weighted by Crippen LogP contribution is -2.35. The Labute approximate surface area is 123 Å². The van der Waals surface area contributed by atoms with Gasteiger partial charge in [0.25, 0.3) is 0 Å². The van der Waals surface area contributed by atoms with Gasteiger partial charge in [0, 0.05) is 19.5 Å². The molecule has 4 heteroatoms. The van der Waals surface area contributed by atoms with Gasteiger partial charge in [-0.2, -0.15) is 0 Å². The van der Waals surface area contributed by atoms with E-state index < -0.39 is 0 Å². The van der Waals surface area contributed by atoms with Crippen LogP contribution >= 0.6 is 12.4 Å². The fourth-order valence-corrected chi connectivity index (χ4v) is 3.31. The van der Waals surface area contributed by atoms with Crippen molar-refractivity contribution in [1.29, 1.82) is 0 Å². The van der Waals surface area contributed by atoms with Crippen molar-refractivity contribution in [2.75, 3.05) is 26.2 Å². The van der Waals surface area contributed by atoms with E-state index >= 15 is 0 Å². The predicted molar refractivity (Wildman–Crippen MR) is 81.6 cm³/mol. The molecule has 0 spiro atoms. The van der Waals surface area contributed by atoms with Gasteiger partial charge in [-0.1, -0.05) is 20.8 Å². The zero-order valence-corrected chi connectivity index (χ0v) is 13.4. The van der Waals surface area contributed by atoms with Gasteiger partial charge in [0.05, 0.1) is 0 Å². The number of hydrogen-bond acceptors (Lipinski definition) is 2. The van der Waals surface area contributed by atoms with Gasteiger partial charge >= 0.3 is 0 Å². The first-order valence-corrected chi connectivity index (χ1v) is 7.46. The molecule has 2 fully saturated rings. The number of likely N-dealkylation sites (tertiary alicyclic amines) is 1. The molecule has 0 aromatic carbocycles. The number of halogens is 1. The molecule has 1 unspecified atom stereocenters. The van der Waals surface area contributed by atoms with E-state index in [0.29, 0.717) is 17.2 Å². The van der Waals surface area contributed by atoms with Gasteiger partial charge in [-0.3, -0.25) is 4.79 Å². The Morgan fingerprint density at radius 2 is 2.00 bits per heavy atom. The number of piperidine rings is 1. The summed E-state index contributed by atoms with van der Waals surface area (Å²) < 4.78 is 0. The van der Waals surface area contributed by atoms with Crippen LogP contribution in [0.2, 0.25) is 0 Å². The van der Waals surface area contributed by atoms with Gasteiger partial charge in [0.2, 0.25) is 5.91 Å². The molecule has 19 heavy (non-hydrogen) atoms. The molecule has 2 saturated heterocycles. The fraction of sp³-hybridized carbons (Fsp3) is 0.933. The van der Waals surface area contributed by atoms with Crippen LogP contribution in [-0.2, 0) is 4.79 Å². The molecule has 0 radical (unpaired) electrons. The molecule has 2 heterocycles. The molecule has 112 valence electrons. The Kier molecular flexibility index (Phi) is 6.13. The third kappa shape index (κ3) is 4.64. The van der Waals surface area contributed by atoms with Crippen molar-refractivity contribution >= 4 is 18.3 Å². The highest BCUT2D eigenvalue weighted by Crippen LogP contribution is 2.31. The Morgan fingerprint density at radius 1 is 1.37 bits per heavy atom. The van der Waals surface area contributed by atoms with Crippen molar-refractivity contribution < 1.29 is 4.79 Å². The van der Waals surface area contributed by atoms with Crippen LogP contribution in [0.4, 0.5) is 0 Å². The zero-order chi connectivity index (χ0) is 13.2. The molecule has 0 saturated carbocycles. The van der Waals surface area contributed by atoms with Crippen LogP contribution in [0.5, 0.6) is 0 Å². The van der Waals surface area contributed by atoms with Crippen molar-refractivity contribution in [2.45, 2.75) is 46.5 Å². The Morgan fingerprint density at radius 3 is 2.53 bits per heavy atom. The van der Waals surface area contributed by atoms with Crippen molar-refractivity contribution in [2.24, 2.45) is 17.3 Å². The topological polar surface area (TPSA) is 32.3 Å². The summed E-state index contributed by atoms with van der Waals surface area (Å²) in [5.41, 5.74) is 0.327. The third-order valence-corrected chi connectivity index (χ3v) is 4.72. The summed E-state index contributed by atoms with van der Waals surface area (Å²) in [6.07, 6.45) is 4.38. The van der Waals surface area contributed by atoms with Gasteiger partial charge in [0.1, 0.15) is 0 Å². The Balaban J connectivity index is 0.00000180. The normalized spacial score (nSPS) is 24.9. The standard InChI is InChI=1S/C15H28N2O.ClH/c1-12(13-4-7-16-8-5-13)10-14(18)17-9-6-15(2,3)11-17;/h12-13,16H,4-11H2,1-3H3;1H. The monoisotopic (exact) mass is 288 g/mol. The fourth-order valence-electron chi connectivity index (χ4n) is 3.31. The van der Waals surface area contributed by atoms with Gasteiger partial charge in [0.15, 0.2) is 0 Å². The molecule has 0 aromatic rings. The summed E-state index contributed by atoms with van der Waals surface area (Å²) in [7, 11) is 0. The summed E-state index contributed by atoms with van der Waals surface area (Å²) in [6, 6.07) is 0. The highest BCUT2D eigenvalue weighted by atomic mass is 35.5. The molecule has 3 nitrogen and oxygen atoms in total. The molecular formula is C15H29ClN2O. The van der Waals surface area contributed by atoms with E-state index in [2.05, 4.69) is 31.0 Å². The Bertz CT molecular complexity index is 301. The smallest absolute Gasteiger partial charge is 0.222 e. The number of carbonyl (C=O) groups is 1. The molecule has 2 aliphatic heterocycles. The molecule has 1 N–H and O–H groups in total. The summed E-state index contributed by atoms with van der Waals surface area (Å²) in [5, 5.41) is 3.39. The first-order valence-electron chi connectivity index (χ1n) is 7.46. The van der Waals surface area contributed by atoms with E-state index in [9.17, 15) is 4.79 Å². The zero-order valence-electron chi connectivity index (χ0n) is 12.6. The van der Waals surface area contributed by atoms with Crippen LogP contribution in [0, 0.1) is 17.3 Å². The van der Waals surface area contributed by atoms with Crippen molar-refractivity contribution in [1.82, 2.24) is 10.2 Å². The molecule has 2 rings (SSSR count). The van der Waals surface area contributed by atoms with Crippen LogP contribution in [0.1, 0.15) is 46.5 Å². The van der Waals surface area contributed by atoms with Gasteiger partial charge in [-0.05, 0) is 49.6 Å². The maximum absolute atomic E-state index is 12.3. The van der Waals surface area contributed by atoms with E-state index in [1.54, 1.807) is 0 Å². The molecule has 2 aliphatic rings. The number of amides is 1. The predicted octanol–water partition coefficient (Wildman–Crippen LogP) is 2.69. The molecular weight excluding hydrogens is 260 g/mol. The summed E-state index contributed by atoms with van der Waals surface area (Å²) >= 11 is 0. The number of nitrogens with one attached hydrogen (secondary N) is 1. The first-order chi connectivity index (χ1) is 8.48. The SMILES string of the molecule is CC(CC(=O)N1CCC(C)(C)C1)C1CCNCC1.Cl. The quantitative estimate of drug-likeness (QED) is 0.866. The number of carbonyl (C=O) groups excluding carboxylic acids is 1. The van der Waals surface area contributed by atoms with E-state index in [4.69, 9.17) is 0 Å². The van der Waals surface area contributed by atoms with Crippen molar-refractivity contribution in [3.8, 4) is 0 Å². The average molecular weight is 289 g/mol. The largest absolute Gasteiger partial charge is 0.342 e. The van der Waals surface area contributed by atoms with Crippen LogP contribution in [0.15, 0.2) is 0 Å². The minimum Gasteiger partial charge on any atom is -0.342 e. The van der Waals surface area contributed by atoms with Crippen LogP contribution < -0.4 is 5.32 Å². The summed E-state index contributed by atoms with van der Waals surface area (Å²) in [4.78, 5) is 14.4. The molecule has 0 aliphatic carbocycles. The first kappa shape index (κ1) is 16.8. The highest BCUT2D eigenvalue weighted by Gasteiger charge is 2.33. The minimum atomic E-state index is 0. The van der Waals surface area contributed by atoms with E-state index in [0.717, 1.165) is 44.9 Å². The van der Waals surface area contributed by atoms with Crippen molar-refractivity contribution in [3.05, 3.63) is 0 Å². The maximum atomic E-state index is 12.3. The van der Waals surface area contributed by atoms with Crippen LogP contribution in [0.25, 0.3) is 0 Å².